The van der Waals surface area contributed by atoms with Crippen LogP contribution in [0.15, 0.2) is 42.5 Å². The molecular formula is C16H15F3S. The predicted molar refractivity (Wildman–Crippen MR) is 78.8 cm³/mol. The monoisotopic (exact) mass is 296 g/mol. The van der Waals surface area contributed by atoms with E-state index in [4.69, 9.17) is 0 Å². The quantitative estimate of drug-likeness (QED) is 0.716. The van der Waals surface area contributed by atoms with Crippen LogP contribution in [0.25, 0.3) is 11.1 Å². The average molecular weight is 296 g/mol. The predicted octanol–water partition coefficient (Wildman–Crippen LogP) is 5.54. The van der Waals surface area contributed by atoms with Crippen LogP contribution in [0.5, 0.6) is 0 Å². The molecule has 0 saturated carbocycles. The summed E-state index contributed by atoms with van der Waals surface area (Å²) in [5.41, 5.74) is 3.56. The number of halogens is 3. The number of benzene rings is 2. The average Bonchev–Trinajstić information content (AvgIpc) is 2.40. The maximum atomic E-state index is 12.5. The van der Waals surface area contributed by atoms with Gasteiger partial charge in [-0.05, 0) is 47.6 Å². The minimum atomic E-state index is -4.28. The molecule has 0 fully saturated rings. The van der Waals surface area contributed by atoms with Crippen LogP contribution in [0, 0.1) is 6.92 Å². The number of alkyl halides is 3. The molecule has 0 aliphatic carbocycles. The lowest BCUT2D eigenvalue weighted by molar-refractivity contribution is -0.137. The summed E-state index contributed by atoms with van der Waals surface area (Å²) in [6, 6.07) is 11.3. The SMILES string of the molecule is CSCc1ccc(-c2ccc(C(F)(F)F)cc2)cc1C. The van der Waals surface area contributed by atoms with Crippen molar-refractivity contribution in [2.45, 2.75) is 18.9 Å². The van der Waals surface area contributed by atoms with Crippen LogP contribution in [-0.2, 0) is 11.9 Å². The third-order valence-corrected chi connectivity index (χ3v) is 3.79. The first-order valence-electron chi connectivity index (χ1n) is 6.18. The highest BCUT2D eigenvalue weighted by molar-refractivity contribution is 7.97. The molecule has 0 radical (unpaired) electrons. The lowest BCUT2D eigenvalue weighted by Crippen LogP contribution is -2.04. The summed E-state index contributed by atoms with van der Waals surface area (Å²) in [7, 11) is 0. The van der Waals surface area contributed by atoms with Crippen molar-refractivity contribution in [3.8, 4) is 11.1 Å². The van der Waals surface area contributed by atoms with Crippen molar-refractivity contribution in [2.75, 3.05) is 6.26 Å². The van der Waals surface area contributed by atoms with Gasteiger partial charge in [0.15, 0.2) is 0 Å². The van der Waals surface area contributed by atoms with Crippen molar-refractivity contribution >= 4 is 11.8 Å². The van der Waals surface area contributed by atoms with Gasteiger partial charge in [0.2, 0.25) is 0 Å². The van der Waals surface area contributed by atoms with Crippen LogP contribution in [0.1, 0.15) is 16.7 Å². The molecular weight excluding hydrogens is 281 g/mol. The molecule has 4 heteroatoms. The van der Waals surface area contributed by atoms with E-state index < -0.39 is 11.7 Å². The fourth-order valence-corrected chi connectivity index (χ4v) is 2.68. The molecule has 2 rings (SSSR count). The minimum absolute atomic E-state index is 0.614. The topological polar surface area (TPSA) is 0 Å². The summed E-state index contributed by atoms with van der Waals surface area (Å²) in [6.45, 7) is 2.03. The molecule has 0 nitrogen and oxygen atoms in total. The molecule has 0 N–H and O–H groups in total. The summed E-state index contributed by atoms with van der Waals surface area (Å²) >= 11 is 1.75. The van der Waals surface area contributed by atoms with Crippen molar-refractivity contribution in [2.24, 2.45) is 0 Å². The Morgan fingerprint density at radius 3 is 2.05 bits per heavy atom. The van der Waals surface area contributed by atoms with Crippen LogP contribution in [-0.4, -0.2) is 6.26 Å². The van der Waals surface area contributed by atoms with Gasteiger partial charge >= 0.3 is 6.18 Å². The molecule has 0 spiro atoms. The molecule has 0 heterocycles. The zero-order valence-electron chi connectivity index (χ0n) is 11.3. The number of hydrogen-bond acceptors (Lipinski definition) is 1. The Bertz CT molecular complexity index is 586. The molecule has 2 aromatic carbocycles. The van der Waals surface area contributed by atoms with Crippen LogP contribution in [0.2, 0.25) is 0 Å². The first-order chi connectivity index (χ1) is 9.41. The van der Waals surface area contributed by atoms with Gasteiger partial charge in [-0.2, -0.15) is 24.9 Å². The molecule has 0 aliphatic rings. The van der Waals surface area contributed by atoms with E-state index in [2.05, 4.69) is 0 Å². The Kier molecular flexibility index (Phi) is 4.43. The highest BCUT2D eigenvalue weighted by Crippen LogP contribution is 2.31. The molecule has 0 bridgehead atoms. The van der Waals surface area contributed by atoms with Crippen LogP contribution in [0.4, 0.5) is 13.2 Å². The highest BCUT2D eigenvalue weighted by Gasteiger charge is 2.29. The molecule has 0 amide bonds. The Morgan fingerprint density at radius 2 is 1.55 bits per heavy atom. The first kappa shape index (κ1) is 15.0. The standard InChI is InChI=1S/C16H15F3S/c1-11-9-13(3-4-14(11)10-20-2)12-5-7-15(8-6-12)16(17,18)19/h3-9H,10H2,1-2H3. The van der Waals surface area contributed by atoms with E-state index >= 15 is 0 Å². The Hall–Kier alpha value is -1.42. The van der Waals surface area contributed by atoms with Crippen molar-refractivity contribution in [3.63, 3.8) is 0 Å². The summed E-state index contributed by atoms with van der Waals surface area (Å²) < 4.78 is 37.6. The van der Waals surface area contributed by atoms with Gasteiger partial charge in [-0.25, -0.2) is 0 Å². The van der Waals surface area contributed by atoms with Crippen molar-refractivity contribution in [1.29, 1.82) is 0 Å². The van der Waals surface area contributed by atoms with E-state index in [0.29, 0.717) is 0 Å². The van der Waals surface area contributed by atoms with E-state index in [0.717, 1.165) is 34.6 Å². The van der Waals surface area contributed by atoms with Gasteiger partial charge in [0, 0.05) is 5.75 Å². The highest BCUT2D eigenvalue weighted by atomic mass is 32.2. The van der Waals surface area contributed by atoms with E-state index in [1.54, 1.807) is 11.8 Å². The maximum Gasteiger partial charge on any atom is 0.416 e. The fourth-order valence-electron chi connectivity index (χ4n) is 2.04. The van der Waals surface area contributed by atoms with Crippen molar-refractivity contribution in [1.82, 2.24) is 0 Å². The van der Waals surface area contributed by atoms with E-state index in [-0.39, 0.29) is 0 Å². The van der Waals surface area contributed by atoms with Gasteiger partial charge in [0.05, 0.1) is 5.56 Å². The molecule has 2 aromatic rings. The van der Waals surface area contributed by atoms with Gasteiger partial charge in [0.25, 0.3) is 0 Å². The lowest BCUT2D eigenvalue weighted by atomic mass is 9.99. The van der Waals surface area contributed by atoms with E-state index in [9.17, 15) is 13.2 Å². The van der Waals surface area contributed by atoms with Gasteiger partial charge < -0.3 is 0 Å². The summed E-state index contributed by atoms with van der Waals surface area (Å²) in [6.07, 6.45) is -2.24. The summed E-state index contributed by atoms with van der Waals surface area (Å²) in [5, 5.41) is 0. The molecule has 20 heavy (non-hydrogen) atoms. The molecule has 0 aromatic heterocycles. The number of rotatable bonds is 3. The Morgan fingerprint density at radius 1 is 0.950 bits per heavy atom. The van der Waals surface area contributed by atoms with Gasteiger partial charge in [-0.1, -0.05) is 30.3 Å². The molecule has 0 atom stereocenters. The van der Waals surface area contributed by atoms with Crippen LogP contribution < -0.4 is 0 Å². The van der Waals surface area contributed by atoms with Gasteiger partial charge in [-0.15, -0.1) is 0 Å². The van der Waals surface area contributed by atoms with Crippen LogP contribution in [0.3, 0.4) is 0 Å². The third kappa shape index (κ3) is 3.37. The van der Waals surface area contributed by atoms with Gasteiger partial charge in [0.1, 0.15) is 0 Å². The number of hydrogen-bond donors (Lipinski definition) is 0. The van der Waals surface area contributed by atoms with E-state index in [1.165, 1.54) is 17.7 Å². The number of thioether (sulfide) groups is 1. The van der Waals surface area contributed by atoms with Gasteiger partial charge in [-0.3, -0.25) is 0 Å². The maximum absolute atomic E-state index is 12.5. The number of aryl methyl sites for hydroxylation is 1. The molecule has 0 unspecified atom stereocenters. The van der Waals surface area contributed by atoms with Crippen molar-refractivity contribution in [3.05, 3.63) is 59.2 Å². The lowest BCUT2D eigenvalue weighted by Gasteiger charge is -2.10. The van der Waals surface area contributed by atoms with Crippen molar-refractivity contribution < 1.29 is 13.2 Å². The zero-order chi connectivity index (χ0) is 14.8. The fraction of sp³-hybridized carbons (Fsp3) is 0.250. The molecule has 0 saturated heterocycles. The third-order valence-electron chi connectivity index (χ3n) is 3.19. The van der Waals surface area contributed by atoms with E-state index in [1.807, 2.05) is 31.4 Å². The first-order valence-corrected chi connectivity index (χ1v) is 7.57. The second-order valence-electron chi connectivity index (χ2n) is 4.65. The summed E-state index contributed by atoms with van der Waals surface area (Å²) in [4.78, 5) is 0. The molecule has 106 valence electrons. The minimum Gasteiger partial charge on any atom is -0.166 e. The zero-order valence-corrected chi connectivity index (χ0v) is 12.1. The second-order valence-corrected chi connectivity index (χ2v) is 5.52. The smallest absolute Gasteiger partial charge is 0.166 e. The van der Waals surface area contributed by atoms with Crippen LogP contribution >= 0.6 is 11.8 Å². The normalized spacial score (nSPS) is 11.7. The Balaban J connectivity index is 2.30. The summed E-state index contributed by atoms with van der Waals surface area (Å²) in [5.74, 6) is 0.944. The molecule has 0 aliphatic heterocycles. The Labute approximate surface area is 121 Å². The largest absolute Gasteiger partial charge is 0.416 e. The second kappa shape index (κ2) is 5.92.